The number of nitrogens with one attached hydrogen (secondary N) is 1. The van der Waals surface area contributed by atoms with Gasteiger partial charge in [-0.2, -0.15) is 0 Å². The van der Waals surface area contributed by atoms with Crippen molar-refractivity contribution in [1.29, 1.82) is 0 Å². The van der Waals surface area contributed by atoms with Crippen LogP contribution in [0.15, 0.2) is 0 Å². The van der Waals surface area contributed by atoms with Crippen LogP contribution in [0.3, 0.4) is 0 Å². The zero-order chi connectivity index (χ0) is 13.6. The van der Waals surface area contributed by atoms with E-state index < -0.39 is 0 Å². The van der Waals surface area contributed by atoms with E-state index in [1.807, 2.05) is 6.92 Å². The first-order valence-corrected chi connectivity index (χ1v) is 6.73. The summed E-state index contributed by atoms with van der Waals surface area (Å²) in [4.78, 5) is 11.1. The second-order valence-electron chi connectivity index (χ2n) is 4.23. The summed E-state index contributed by atoms with van der Waals surface area (Å²) in [5.41, 5.74) is 0. The van der Waals surface area contributed by atoms with Crippen LogP contribution in [-0.4, -0.2) is 50.6 Å². The fraction of sp³-hybridized carbons (Fsp3) is 0.923. The van der Waals surface area contributed by atoms with Crippen molar-refractivity contribution in [1.82, 2.24) is 5.32 Å². The van der Waals surface area contributed by atoms with Crippen LogP contribution >= 0.6 is 0 Å². The van der Waals surface area contributed by atoms with E-state index in [1.165, 1.54) is 0 Å². The first-order chi connectivity index (χ1) is 8.74. The Morgan fingerprint density at radius 2 is 2.11 bits per heavy atom. The molecule has 18 heavy (non-hydrogen) atoms. The highest BCUT2D eigenvalue weighted by Crippen LogP contribution is 2.01. The number of methoxy groups -OCH3 is 1. The van der Waals surface area contributed by atoms with Crippen molar-refractivity contribution in [3.63, 3.8) is 0 Å². The molecule has 0 aromatic carbocycles. The minimum Gasteiger partial charge on any atom is -0.466 e. The summed E-state index contributed by atoms with van der Waals surface area (Å²) in [7, 11) is 1.66. The Balaban J connectivity index is 3.39. The van der Waals surface area contributed by atoms with Gasteiger partial charge in [0.25, 0.3) is 0 Å². The lowest BCUT2D eigenvalue weighted by Crippen LogP contribution is -2.34. The fourth-order valence-corrected chi connectivity index (χ4v) is 1.71. The lowest BCUT2D eigenvalue weighted by molar-refractivity contribution is -0.143. The monoisotopic (exact) mass is 261 g/mol. The molecule has 0 aliphatic carbocycles. The molecule has 5 heteroatoms. The maximum atomic E-state index is 11.1. The molecule has 0 heterocycles. The minimum absolute atomic E-state index is 0.108. The van der Waals surface area contributed by atoms with Gasteiger partial charge < -0.3 is 19.9 Å². The number of aliphatic hydroxyl groups is 1. The maximum absolute atomic E-state index is 11.1. The van der Waals surface area contributed by atoms with Crippen molar-refractivity contribution < 1.29 is 19.4 Å². The fourth-order valence-electron chi connectivity index (χ4n) is 1.71. The second kappa shape index (κ2) is 12.8. The van der Waals surface area contributed by atoms with Gasteiger partial charge in [0.05, 0.1) is 13.2 Å². The largest absolute Gasteiger partial charge is 0.466 e. The van der Waals surface area contributed by atoms with Crippen LogP contribution in [0.1, 0.15) is 39.0 Å². The van der Waals surface area contributed by atoms with E-state index in [9.17, 15) is 4.79 Å². The molecule has 108 valence electrons. The van der Waals surface area contributed by atoms with E-state index in [0.29, 0.717) is 26.1 Å². The zero-order valence-corrected chi connectivity index (χ0v) is 11.6. The van der Waals surface area contributed by atoms with Gasteiger partial charge in [0.15, 0.2) is 0 Å². The molecule has 0 aliphatic heterocycles. The summed E-state index contributed by atoms with van der Waals surface area (Å²) in [6.07, 6.45) is 4.10. The quantitative estimate of drug-likeness (QED) is 0.407. The van der Waals surface area contributed by atoms with E-state index in [2.05, 4.69) is 5.32 Å². The molecule has 0 spiro atoms. The van der Waals surface area contributed by atoms with E-state index in [0.717, 1.165) is 25.8 Å². The SMILES string of the molecule is CCOC(=O)CCCCCNC(CCO)COC. The third-order valence-corrected chi connectivity index (χ3v) is 2.64. The molecule has 0 radical (unpaired) electrons. The molecule has 1 unspecified atom stereocenters. The Bertz CT molecular complexity index is 193. The predicted octanol–water partition coefficient (Wildman–Crippen LogP) is 1.10. The Morgan fingerprint density at radius 1 is 1.33 bits per heavy atom. The van der Waals surface area contributed by atoms with Gasteiger partial charge in [0.1, 0.15) is 0 Å². The van der Waals surface area contributed by atoms with E-state index >= 15 is 0 Å². The van der Waals surface area contributed by atoms with Crippen LogP contribution in [0.2, 0.25) is 0 Å². The van der Waals surface area contributed by atoms with Crippen molar-refractivity contribution in [2.45, 2.75) is 45.1 Å². The Labute approximate surface area is 110 Å². The second-order valence-corrected chi connectivity index (χ2v) is 4.23. The third kappa shape index (κ3) is 10.5. The van der Waals surface area contributed by atoms with Crippen LogP contribution < -0.4 is 5.32 Å². The highest BCUT2D eigenvalue weighted by molar-refractivity contribution is 5.69. The average Bonchev–Trinajstić information content (AvgIpc) is 2.34. The van der Waals surface area contributed by atoms with E-state index in [-0.39, 0.29) is 18.6 Å². The highest BCUT2D eigenvalue weighted by atomic mass is 16.5. The van der Waals surface area contributed by atoms with Crippen LogP contribution in [-0.2, 0) is 14.3 Å². The number of aliphatic hydroxyl groups excluding tert-OH is 1. The summed E-state index contributed by atoms with van der Waals surface area (Å²) < 4.78 is 9.91. The van der Waals surface area contributed by atoms with Gasteiger partial charge in [-0.25, -0.2) is 0 Å². The highest BCUT2D eigenvalue weighted by Gasteiger charge is 2.06. The summed E-state index contributed by atoms with van der Waals surface area (Å²) in [6.45, 7) is 3.95. The number of ether oxygens (including phenoxy) is 2. The van der Waals surface area contributed by atoms with E-state index in [4.69, 9.17) is 14.6 Å². The molecule has 0 amide bonds. The van der Waals surface area contributed by atoms with Gasteiger partial charge in [-0.3, -0.25) is 4.79 Å². The predicted molar refractivity (Wildman–Crippen MR) is 70.5 cm³/mol. The van der Waals surface area contributed by atoms with Crippen molar-refractivity contribution >= 4 is 5.97 Å². The number of hydrogen-bond donors (Lipinski definition) is 2. The van der Waals surface area contributed by atoms with Gasteiger partial charge in [-0.05, 0) is 32.7 Å². The van der Waals surface area contributed by atoms with Gasteiger partial charge in [0.2, 0.25) is 0 Å². The molecular formula is C13H27NO4. The van der Waals surface area contributed by atoms with Crippen molar-refractivity contribution in [3.8, 4) is 0 Å². The molecule has 0 aromatic rings. The first-order valence-electron chi connectivity index (χ1n) is 6.73. The molecule has 0 rings (SSSR count). The van der Waals surface area contributed by atoms with Crippen LogP contribution in [0.5, 0.6) is 0 Å². The standard InChI is InChI=1S/C13H27NO4/c1-3-18-13(16)7-5-4-6-9-14-12(8-10-15)11-17-2/h12,14-15H,3-11H2,1-2H3. The number of carbonyl (C=O) groups is 1. The lowest BCUT2D eigenvalue weighted by atomic mass is 10.1. The van der Waals surface area contributed by atoms with Crippen molar-refractivity contribution in [2.24, 2.45) is 0 Å². The van der Waals surface area contributed by atoms with Crippen molar-refractivity contribution in [2.75, 3.05) is 33.5 Å². The summed E-state index contributed by atoms with van der Waals surface area (Å²) >= 11 is 0. The van der Waals surface area contributed by atoms with Crippen LogP contribution in [0, 0.1) is 0 Å². The number of hydrogen-bond acceptors (Lipinski definition) is 5. The number of rotatable bonds is 12. The van der Waals surface area contributed by atoms with Crippen LogP contribution in [0.25, 0.3) is 0 Å². The molecule has 0 aliphatic rings. The normalized spacial score (nSPS) is 12.4. The Kier molecular flexibility index (Phi) is 12.3. The third-order valence-electron chi connectivity index (χ3n) is 2.64. The molecule has 0 fully saturated rings. The maximum Gasteiger partial charge on any atom is 0.305 e. The molecule has 0 saturated heterocycles. The number of unbranched alkanes of at least 4 members (excludes halogenated alkanes) is 2. The topological polar surface area (TPSA) is 67.8 Å². The van der Waals surface area contributed by atoms with Gasteiger partial charge >= 0.3 is 5.97 Å². The molecule has 5 nitrogen and oxygen atoms in total. The molecule has 1 atom stereocenters. The molecule has 0 aromatic heterocycles. The Morgan fingerprint density at radius 3 is 2.72 bits per heavy atom. The zero-order valence-electron chi connectivity index (χ0n) is 11.6. The van der Waals surface area contributed by atoms with E-state index in [1.54, 1.807) is 7.11 Å². The summed E-state index contributed by atoms with van der Waals surface area (Å²) in [6, 6.07) is 0.213. The Hall–Kier alpha value is -0.650. The van der Waals surface area contributed by atoms with Gasteiger partial charge in [-0.15, -0.1) is 0 Å². The number of carbonyl (C=O) groups excluding carboxylic acids is 1. The molecule has 2 N–H and O–H groups in total. The van der Waals surface area contributed by atoms with Crippen LogP contribution in [0.4, 0.5) is 0 Å². The lowest BCUT2D eigenvalue weighted by Gasteiger charge is -2.16. The molecule has 0 bridgehead atoms. The van der Waals surface area contributed by atoms with Crippen molar-refractivity contribution in [3.05, 3.63) is 0 Å². The molecule has 0 saturated carbocycles. The summed E-state index contributed by atoms with van der Waals surface area (Å²) in [5.74, 6) is -0.108. The molecular weight excluding hydrogens is 234 g/mol. The average molecular weight is 261 g/mol. The number of esters is 1. The minimum atomic E-state index is -0.108. The van der Waals surface area contributed by atoms with Gasteiger partial charge in [-0.1, -0.05) is 6.42 Å². The summed E-state index contributed by atoms with van der Waals surface area (Å²) in [5, 5.41) is 12.2. The van der Waals surface area contributed by atoms with Gasteiger partial charge in [0, 0.05) is 26.2 Å². The first kappa shape index (κ1) is 17.4. The smallest absolute Gasteiger partial charge is 0.305 e.